The molecule has 0 saturated carbocycles. The van der Waals surface area contributed by atoms with Gasteiger partial charge in [-0.2, -0.15) is 0 Å². The summed E-state index contributed by atoms with van der Waals surface area (Å²) in [6, 6.07) is 10.1. The number of aromatic hydroxyl groups is 1. The first kappa shape index (κ1) is 19.8. The molecule has 4 N–H and O–H groups in total. The molecule has 8 nitrogen and oxygen atoms in total. The number of halogens is 1. The Kier molecular flexibility index (Phi) is 4.88. The first-order valence-corrected chi connectivity index (χ1v) is 10.5. The first-order chi connectivity index (χ1) is 14.2. The SMILES string of the molecule is Cc1cn2c(-c3ccc(O)cc3F)cnc2c(NCc2ccc(S(N)(=O)=O)cc2)n1. The molecule has 0 spiro atoms. The van der Waals surface area contributed by atoms with Gasteiger partial charge >= 0.3 is 0 Å². The molecular formula is C20H18FN5O3S. The molecule has 4 aromatic rings. The van der Waals surface area contributed by atoms with Gasteiger partial charge in [-0.25, -0.2) is 27.9 Å². The molecule has 0 aliphatic heterocycles. The highest BCUT2D eigenvalue weighted by Crippen LogP contribution is 2.28. The molecule has 2 heterocycles. The summed E-state index contributed by atoms with van der Waals surface area (Å²) in [4.78, 5) is 8.88. The Balaban J connectivity index is 1.66. The molecule has 4 rings (SSSR count). The summed E-state index contributed by atoms with van der Waals surface area (Å²) in [5.74, 6) is -0.217. The second kappa shape index (κ2) is 7.39. The number of hydrogen-bond acceptors (Lipinski definition) is 6. The quantitative estimate of drug-likeness (QED) is 0.450. The first-order valence-electron chi connectivity index (χ1n) is 8.91. The van der Waals surface area contributed by atoms with Crippen LogP contribution in [0, 0.1) is 12.7 Å². The van der Waals surface area contributed by atoms with Crippen LogP contribution in [0.5, 0.6) is 5.75 Å². The third-order valence-electron chi connectivity index (χ3n) is 4.55. The van der Waals surface area contributed by atoms with Gasteiger partial charge in [-0.05, 0) is 36.8 Å². The van der Waals surface area contributed by atoms with E-state index in [0.29, 0.717) is 35.0 Å². The maximum Gasteiger partial charge on any atom is 0.238 e. The van der Waals surface area contributed by atoms with Gasteiger partial charge in [0.05, 0.1) is 22.5 Å². The van der Waals surface area contributed by atoms with Gasteiger partial charge in [0.2, 0.25) is 10.0 Å². The van der Waals surface area contributed by atoms with Gasteiger partial charge in [-0.1, -0.05) is 12.1 Å². The van der Waals surface area contributed by atoms with Crippen LogP contribution in [0.15, 0.2) is 59.8 Å². The summed E-state index contributed by atoms with van der Waals surface area (Å²) in [6.45, 7) is 2.18. The average Bonchev–Trinajstić information content (AvgIpc) is 3.09. The number of phenols is 1. The lowest BCUT2D eigenvalue weighted by Crippen LogP contribution is -2.12. The normalized spacial score (nSPS) is 11.7. The number of sulfonamides is 1. The molecule has 2 aromatic heterocycles. The number of phenolic OH excluding ortho intramolecular Hbond substituents is 1. The van der Waals surface area contributed by atoms with Crippen molar-refractivity contribution in [2.45, 2.75) is 18.4 Å². The van der Waals surface area contributed by atoms with Gasteiger partial charge in [-0.15, -0.1) is 0 Å². The molecular weight excluding hydrogens is 409 g/mol. The van der Waals surface area contributed by atoms with E-state index in [1.54, 1.807) is 22.7 Å². The average molecular weight is 427 g/mol. The van der Waals surface area contributed by atoms with Crippen LogP contribution >= 0.6 is 0 Å². The van der Waals surface area contributed by atoms with E-state index in [2.05, 4.69) is 15.3 Å². The smallest absolute Gasteiger partial charge is 0.238 e. The van der Waals surface area contributed by atoms with Crippen LogP contribution in [-0.4, -0.2) is 27.9 Å². The van der Waals surface area contributed by atoms with Gasteiger partial charge in [0.15, 0.2) is 11.5 Å². The zero-order valence-corrected chi connectivity index (χ0v) is 16.7. The molecule has 0 aliphatic carbocycles. The van der Waals surface area contributed by atoms with Crippen LogP contribution in [0.1, 0.15) is 11.3 Å². The highest BCUT2D eigenvalue weighted by atomic mass is 32.2. The van der Waals surface area contributed by atoms with Crippen LogP contribution in [0.4, 0.5) is 10.2 Å². The van der Waals surface area contributed by atoms with Crippen molar-refractivity contribution in [2.24, 2.45) is 5.14 Å². The summed E-state index contributed by atoms with van der Waals surface area (Å²) in [6.07, 6.45) is 3.29. The molecule has 0 saturated heterocycles. The molecule has 0 aliphatic rings. The number of aryl methyl sites for hydroxylation is 1. The molecule has 30 heavy (non-hydrogen) atoms. The number of fused-ring (bicyclic) bond motifs is 1. The number of anilines is 1. The Labute approximate surface area is 171 Å². The van der Waals surface area contributed by atoms with Gasteiger partial charge in [0.25, 0.3) is 0 Å². The van der Waals surface area contributed by atoms with Crippen molar-refractivity contribution >= 4 is 21.5 Å². The number of benzene rings is 2. The molecule has 0 bridgehead atoms. The second-order valence-electron chi connectivity index (χ2n) is 6.77. The molecule has 154 valence electrons. The fraction of sp³-hybridized carbons (Fsp3) is 0.100. The summed E-state index contributed by atoms with van der Waals surface area (Å²) >= 11 is 0. The van der Waals surface area contributed by atoms with E-state index >= 15 is 0 Å². The van der Waals surface area contributed by atoms with Gasteiger partial charge in [0.1, 0.15) is 11.6 Å². The highest BCUT2D eigenvalue weighted by Gasteiger charge is 2.15. The van der Waals surface area contributed by atoms with Crippen LogP contribution in [0.3, 0.4) is 0 Å². The topological polar surface area (TPSA) is 123 Å². The van der Waals surface area contributed by atoms with Crippen molar-refractivity contribution in [2.75, 3.05) is 5.32 Å². The Morgan fingerprint density at radius 1 is 1.20 bits per heavy atom. The Morgan fingerprint density at radius 2 is 1.93 bits per heavy atom. The van der Waals surface area contributed by atoms with E-state index in [0.717, 1.165) is 11.6 Å². The minimum absolute atomic E-state index is 0.0381. The zero-order valence-electron chi connectivity index (χ0n) is 15.9. The minimum Gasteiger partial charge on any atom is -0.508 e. The van der Waals surface area contributed by atoms with Gasteiger partial charge in [-0.3, -0.25) is 4.40 Å². The number of nitrogens with one attached hydrogen (secondary N) is 1. The molecule has 2 aromatic carbocycles. The molecule has 0 amide bonds. The summed E-state index contributed by atoms with van der Waals surface area (Å²) in [5.41, 5.74) is 2.83. The summed E-state index contributed by atoms with van der Waals surface area (Å²) in [7, 11) is -3.74. The maximum absolute atomic E-state index is 14.3. The number of rotatable bonds is 5. The maximum atomic E-state index is 14.3. The van der Waals surface area contributed by atoms with E-state index in [4.69, 9.17) is 5.14 Å². The van der Waals surface area contributed by atoms with Crippen molar-refractivity contribution in [3.05, 3.63) is 71.9 Å². The Hall–Kier alpha value is -3.50. The Bertz CT molecular complexity index is 1350. The fourth-order valence-electron chi connectivity index (χ4n) is 3.12. The lowest BCUT2D eigenvalue weighted by Gasteiger charge is -2.10. The van der Waals surface area contributed by atoms with Crippen LogP contribution < -0.4 is 10.5 Å². The van der Waals surface area contributed by atoms with E-state index in [9.17, 15) is 17.9 Å². The molecule has 0 atom stereocenters. The molecule has 0 fully saturated rings. The predicted molar refractivity (Wildman–Crippen MR) is 110 cm³/mol. The van der Waals surface area contributed by atoms with E-state index in [-0.39, 0.29) is 10.6 Å². The number of hydrogen-bond donors (Lipinski definition) is 3. The number of nitrogens with zero attached hydrogens (tertiary/aromatic N) is 3. The number of aromatic nitrogens is 3. The minimum atomic E-state index is -3.74. The lowest BCUT2D eigenvalue weighted by molar-refractivity contribution is 0.469. The predicted octanol–water partition coefficient (Wildman–Crippen LogP) is 2.81. The van der Waals surface area contributed by atoms with Crippen molar-refractivity contribution in [3.8, 4) is 17.0 Å². The van der Waals surface area contributed by atoms with E-state index in [1.807, 2.05) is 6.92 Å². The van der Waals surface area contributed by atoms with Crippen molar-refractivity contribution < 1.29 is 17.9 Å². The van der Waals surface area contributed by atoms with Crippen molar-refractivity contribution in [1.29, 1.82) is 0 Å². The van der Waals surface area contributed by atoms with Crippen molar-refractivity contribution in [3.63, 3.8) is 0 Å². The molecule has 0 unspecified atom stereocenters. The summed E-state index contributed by atoms with van der Waals surface area (Å²) < 4.78 is 38.8. The number of nitrogens with two attached hydrogens (primary N) is 1. The zero-order chi connectivity index (χ0) is 21.5. The third-order valence-corrected chi connectivity index (χ3v) is 5.48. The highest BCUT2D eigenvalue weighted by molar-refractivity contribution is 7.89. The van der Waals surface area contributed by atoms with Gasteiger partial charge in [0, 0.05) is 24.4 Å². The largest absolute Gasteiger partial charge is 0.508 e. The fourth-order valence-corrected chi connectivity index (χ4v) is 3.64. The van der Waals surface area contributed by atoms with Crippen molar-refractivity contribution in [1.82, 2.24) is 14.4 Å². The summed E-state index contributed by atoms with van der Waals surface area (Å²) in [5, 5.41) is 17.8. The number of primary sulfonamides is 1. The lowest BCUT2D eigenvalue weighted by atomic mass is 10.1. The second-order valence-corrected chi connectivity index (χ2v) is 8.34. The van der Waals surface area contributed by atoms with Crippen LogP contribution in [0.25, 0.3) is 16.9 Å². The standard InChI is InChI=1S/C20H18FN5O3S/c1-12-11-26-18(16-7-4-14(27)8-17(16)21)10-24-20(26)19(25-12)23-9-13-2-5-15(6-3-13)30(22,28)29/h2-8,10-11,27H,9H2,1H3,(H,23,25)(H2,22,28,29). The third kappa shape index (κ3) is 3.82. The van der Waals surface area contributed by atoms with Crippen LogP contribution in [-0.2, 0) is 16.6 Å². The van der Waals surface area contributed by atoms with Gasteiger partial charge < -0.3 is 10.4 Å². The number of imidazole rings is 1. The Morgan fingerprint density at radius 3 is 2.60 bits per heavy atom. The molecule has 10 heteroatoms. The monoisotopic (exact) mass is 427 g/mol. The van der Waals surface area contributed by atoms with E-state index < -0.39 is 15.8 Å². The van der Waals surface area contributed by atoms with E-state index in [1.165, 1.54) is 30.5 Å². The molecule has 0 radical (unpaired) electrons. The van der Waals surface area contributed by atoms with Crippen LogP contribution in [0.2, 0.25) is 0 Å².